The third-order valence-corrected chi connectivity index (χ3v) is 5.09. The van der Waals surface area contributed by atoms with Crippen molar-refractivity contribution in [2.75, 3.05) is 43.0 Å². The third-order valence-electron chi connectivity index (χ3n) is 5.09. The van der Waals surface area contributed by atoms with Gasteiger partial charge >= 0.3 is 12.0 Å². The summed E-state index contributed by atoms with van der Waals surface area (Å²) >= 11 is 0. The molecule has 0 spiro atoms. The quantitative estimate of drug-likeness (QED) is 0.696. The molecule has 3 amide bonds. The van der Waals surface area contributed by atoms with E-state index >= 15 is 0 Å². The number of hydrogen-bond acceptors (Lipinski definition) is 5. The van der Waals surface area contributed by atoms with Gasteiger partial charge < -0.3 is 25.2 Å². The van der Waals surface area contributed by atoms with Gasteiger partial charge in [0.15, 0.2) is 0 Å². The number of ether oxygens (including phenoxy) is 1. The highest BCUT2D eigenvalue weighted by Gasteiger charge is 2.24. The molecule has 1 aliphatic heterocycles. The number of hydrogen-bond donors (Lipinski definition) is 2. The molecule has 8 heteroatoms. The van der Waals surface area contributed by atoms with Gasteiger partial charge in [-0.3, -0.25) is 4.79 Å². The number of nitrogens with one attached hydrogen (secondary N) is 2. The summed E-state index contributed by atoms with van der Waals surface area (Å²) in [7, 11) is 0. The number of esters is 1. The van der Waals surface area contributed by atoms with Gasteiger partial charge in [-0.1, -0.05) is 18.2 Å². The largest absolute Gasteiger partial charge is 0.462 e. The van der Waals surface area contributed by atoms with Crippen LogP contribution in [0.4, 0.5) is 16.2 Å². The van der Waals surface area contributed by atoms with Crippen molar-refractivity contribution in [3.05, 3.63) is 60.2 Å². The van der Waals surface area contributed by atoms with E-state index in [9.17, 15) is 14.4 Å². The molecular formula is C23H28N4O4. The number of carbonyl (C=O) groups is 3. The second-order valence-electron chi connectivity index (χ2n) is 7.27. The number of rotatable bonds is 6. The fourth-order valence-electron chi connectivity index (χ4n) is 3.30. The first-order chi connectivity index (χ1) is 15.0. The van der Waals surface area contributed by atoms with Crippen molar-refractivity contribution in [3.8, 4) is 0 Å². The van der Waals surface area contributed by atoms with E-state index < -0.39 is 12.0 Å². The van der Waals surface area contributed by atoms with Gasteiger partial charge in [-0.05, 0) is 50.2 Å². The number of urea groups is 1. The Kier molecular flexibility index (Phi) is 7.48. The minimum absolute atomic E-state index is 0.256. The van der Waals surface area contributed by atoms with Gasteiger partial charge in [0.1, 0.15) is 6.04 Å². The van der Waals surface area contributed by atoms with Crippen molar-refractivity contribution in [1.82, 2.24) is 10.2 Å². The predicted molar refractivity (Wildman–Crippen MR) is 119 cm³/mol. The molecule has 1 heterocycles. The maximum atomic E-state index is 12.6. The van der Waals surface area contributed by atoms with E-state index in [1.807, 2.05) is 18.2 Å². The Morgan fingerprint density at radius 1 is 0.968 bits per heavy atom. The van der Waals surface area contributed by atoms with Crippen LogP contribution in [0.2, 0.25) is 0 Å². The van der Waals surface area contributed by atoms with Crippen LogP contribution < -0.4 is 15.5 Å². The molecule has 1 aliphatic rings. The van der Waals surface area contributed by atoms with Crippen molar-refractivity contribution in [3.63, 3.8) is 0 Å². The summed E-state index contributed by atoms with van der Waals surface area (Å²) in [5.41, 5.74) is 2.09. The van der Waals surface area contributed by atoms with Gasteiger partial charge in [0, 0.05) is 37.6 Å². The smallest absolute Gasteiger partial charge is 0.338 e. The average molecular weight is 425 g/mol. The molecule has 0 unspecified atom stereocenters. The zero-order valence-electron chi connectivity index (χ0n) is 17.8. The monoisotopic (exact) mass is 424 g/mol. The van der Waals surface area contributed by atoms with Crippen LogP contribution in [0.15, 0.2) is 54.6 Å². The Morgan fingerprint density at radius 3 is 2.23 bits per heavy atom. The summed E-state index contributed by atoms with van der Waals surface area (Å²) in [6.07, 6.45) is 0. The van der Waals surface area contributed by atoms with Gasteiger partial charge in [-0.15, -0.1) is 0 Å². The predicted octanol–water partition coefficient (Wildman–Crippen LogP) is 2.72. The van der Waals surface area contributed by atoms with E-state index in [-0.39, 0.29) is 11.9 Å². The van der Waals surface area contributed by atoms with E-state index in [4.69, 9.17) is 4.74 Å². The maximum absolute atomic E-state index is 12.6. The standard InChI is InChI=1S/C23H28N4O4/c1-3-31-22(29)18-9-11-19(12-10-18)25-21(28)17(2)24-23(30)27-15-13-26(14-16-27)20-7-5-4-6-8-20/h4-12,17H,3,13-16H2,1-2H3,(H,24,30)(H,25,28)/t17-/m1/s1. The Bertz CT molecular complexity index is 894. The average Bonchev–Trinajstić information content (AvgIpc) is 2.80. The second kappa shape index (κ2) is 10.5. The van der Waals surface area contributed by atoms with E-state index in [1.54, 1.807) is 43.0 Å². The number of amides is 3. The molecular weight excluding hydrogens is 396 g/mol. The highest BCUT2D eigenvalue weighted by atomic mass is 16.5. The molecule has 2 N–H and O–H groups in total. The van der Waals surface area contributed by atoms with Gasteiger partial charge in [0.2, 0.25) is 5.91 Å². The molecule has 164 valence electrons. The lowest BCUT2D eigenvalue weighted by atomic mass is 10.2. The number of carbonyl (C=O) groups excluding carboxylic acids is 3. The second-order valence-corrected chi connectivity index (χ2v) is 7.27. The summed E-state index contributed by atoms with van der Waals surface area (Å²) in [5.74, 6) is -0.742. The molecule has 0 aliphatic carbocycles. The number of para-hydroxylation sites is 1. The van der Waals surface area contributed by atoms with Crippen LogP contribution in [0.1, 0.15) is 24.2 Å². The van der Waals surface area contributed by atoms with Gasteiger partial charge in [0.25, 0.3) is 0 Å². The van der Waals surface area contributed by atoms with E-state index in [0.29, 0.717) is 30.9 Å². The van der Waals surface area contributed by atoms with Crippen LogP contribution in [-0.4, -0.2) is 61.6 Å². The number of nitrogens with zero attached hydrogens (tertiary/aromatic N) is 2. The molecule has 2 aromatic carbocycles. The molecule has 2 aromatic rings. The van der Waals surface area contributed by atoms with Crippen LogP contribution >= 0.6 is 0 Å². The lowest BCUT2D eigenvalue weighted by Gasteiger charge is -2.36. The fraction of sp³-hybridized carbons (Fsp3) is 0.348. The van der Waals surface area contributed by atoms with E-state index in [2.05, 4.69) is 27.7 Å². The number of benzene rings is 2. The molecule has 1 atom stereocenters. The van der Waals surface area contributed by atoms with Gasteiger partial charge in [-0.2, -0.15) is 0 Å². The van der Waals surface area contributed by atoms with E-state index in [1.165, 1.54) is 0 Å². The van der Waals surface area contributed by atoms with Crippen LogP contribution in [0.5, 0.6) is 0 Å². The minimum Gasteiger partial charge on any atom is -0.462 e. The zero-order chi connectivity index (χ0) is 22.2. The molecule has 0 saturated carbocycles. The Labute approximate surface area is 182 Å². The van der Waals surface area contributed by atoms with Gasteiger partial charge in [0.05, 0.1) is 12.2 Å². The van der Waals surface area contributed by atoms with Crippen LogP contribution in [0.3, 0.4) is 0 Å². The first-order valence-electron chi connectivity index (χ1n) is 10.4. The van der Waals surface area contributed by atoms with Crippen LogP contribution in [0.25, 0.3) is 0 Å². The van der Waals surface area contributed by atoms with E-state index in [0.717, 1.165) is 18.8 Å². The number of anilines is 2. The van der Waals surface area contributed by atoms with Gasteiger partial charge in [-0.25, -0.2) is 9.59 Å². The topological polar surface area (TPSA) is 91.0 Å². The molecule has 3 rings (SSSR count). The lowest BCUT2D eigenvalue weighted by molar-refractivity contribution is -0.117. The summed E-state index contributed by atoms with van der Waals surface area (Å²) in [5, 5.41) is 5.50. The highest BCUT2D eigenvalue weighted by molar-refractivity contribution is 5.97. The Morgan fingerprint density at radius 2 is 1.61 bits per heavy atom. The Balaban J connectivity index is 1.46. The fourth-order valence-corrected chi connectivity index (χ4v) is 3.30. The van der Waals surface area contributed by atoms with Crippen molar-refractivity contribution in [2.45, 2.75) is 19.9 Å². The maximum Gasteiger partial charge on any atom is 0.338 e. The summed E-state index contributed by atoms with van der Waals surface area (Å²) in [4.78, 5) is 40.6. The lowest BCUT2D eigenvalue weighted by Crippen LogP contribution is -2.54. The molecule has 0 bridgehead atoms. The first-order valence-corrected chi connectivity index (χ1v) is 10.4. The normalized spacial score (nSPS) is 14.5. The van der Waals surface area contributed by atoms with Crippen molar-refractivity contribution >= 4 is 29.3 Å². The minimum atomic E-state index is -0.704. The molecule has 0 radical (unpaired) electrons. The Hall–Kier alpha value is -3.55. The van der Waals surface area contributed by atoms with Crippen LogP contribution in [0, 0.1) is 0 Å². The molecule has 0 aromatic heterocycles. The molecule has 1 fully saturated rings. The summed E-state index contributed by atoms with van der Waals surface area (Å²) in [6.45, 7) is 6.34. The third kappa shape index (κ3) is 5.97. The van der Waals surface area contributed by atoms with Crippen molar-refractivity contribution in [1.29, 1.82) is 0 Å². The summed E-state index contributed by atoms with van der Waals surface area (Å²) < 4.78 is 4.94. The highest BCUT2D eigenvalue weighted by Crippen LogP contribution is 2.16. The SMILES string of the molecule is CCOC(=O)c1ccc(NC(=O)[C@@H](C)NC(=O)N2CCN(c3ccccc3)CC2)cc1. The molecule has 1 saturated heterocycles. The zero-order valence-corrected chi connectivity index (χ0v) is 17.8. The van der Waals surface area contributed by atoms with Crippen molar-refractivity contribution in [2.24, 2.45) is 0 Å². The summed E-state index contributed by atoms with van der Waals surface area (Å²) in [6, 6.07) is 15.6. The molecule has 8 nitrogen and oxygen atoms in total. The van der Waals surface area contributed by atoms with Crippen molar-refractivity contribution < 1.29 is 19.1 Å². The number of piperazine rings is 1. The van der Waals surface area contributed by atoms with Crippen LogP contribution in [-0.2, 0) is 9.53 Å². The molecule has 31 heavy (non-hydrogen) atoms. The first kappa shape index (κ1) is 22.1.